The van der Waals surface area contributed by atoms with Crippen LogP contribution in [-0.4, -0.2) is 55.1 Å². The van der Waals surface area contributed by atoms with Crippen molar-refractivity contribution in [2.24, 2.45) is 0 Å². The van der Waals surface area contributed by atoms with Gasteiger partial charge in [-0.1, -0.05) is 0 Å². The van der Waals surface area contributed by atoms with E-state index in [4.69, 9.17) is 0 Å². The molecule has 24 heavy (non-hydrogen) atoms. The summed E-state index contributed by atoms with van der Waals surface area (Å²) in [6.07, 6.45) is 2.19. The van der Waals surface area contributed by atoms with Gasteiger partial charge < -0.3 is 15.1 Å². The summed E-state index contributed by atoms with van der Waals surface area (Å²) < 4.78 is 0. The number of hydrogen-bond donors (Lipinski definition) is 1. The zero-order valence-corrected chi connectivity index (χ0v) is 14.7. The topological polar surface area (TPSA) is 48.5 Å². The van der Waals surface area contributed by atoms with Gasteiger partial charge in [0.1, 0.15) is 10.7 Å². The predicted molar refractivity (Wildman–Crippen MR) is 97.7 cm³/mol. The molecule has 2 aliphatic rings. The number of nitrogens with zero attached hydrogens (tertiary/aromatic N) is 3. The summed E-state index contributed by atoms with van der Waals surface area (Å²) in [6, 6.07) is 8.90. The number of aromatic nitrogens is 1. The van der Waals surface area contributed by atoms with Crippen LogP contribution in [0.1, 0.15) is 23.3 Å². The summed E-state index contributed by atoms with van der Waals surface area (Å²) in [5.41, 5.74) is 2.86. The van der Waals surface area contributed by atoms with Gasteiger partial charge in [0.15, 0.2) is 0 Å². The Morgan fingerprint density at radius 1 is 1.17 bits per heavy atom. The summed E-state index contributed by atoms with van der Waals surface area (Å²) in [5.74, 6) is -0.0472. The van der Waals surface area contributed by atoms with E-state index in [-0.39, 0.29) is 5.91 Å². The monoisotopic (exact) mass is 342 g/mol. The number of nitrogens with one attached hydrogen (secondary N) is 1. The van der Waals surface area contributed by atoms with Crippen molar-refractivity contribution >= 4 is 22.9 Å². The number of amides is 1. The first-order valence-corrected chi connectivity index (χ1v) is 9.37. The van der Waals surface area contributed by atoms with E-state index in [2.05, 4.69) is 51.4 Å². The Labute approximate surface area is 146 Å². The van der Waals surface area contributed by atoms with Crippen LogP contribution in [0, 0.1) is 0 Å². The Kier molecular flexibility index (Phi) is 4.24. The third-order valence-electron chi connectivity index (χ3n) is 4.63. The lowest BCUT2D eigenvalue weighted by Crippen LogP contribution is -2.44. The van der Waals surface area contributed by atoms with Crippen LogP contribution in [0.4, 0.5) is 5.69 Å². The minimum absolute atomic E-state index is 0.0472. The molecule has 1 saturated heterocycles. The van der Waals surface area contributed by atoms with Crippen LogP contribution in [0.3, 0.4) is 0 Å². The minimum atomic E-state index is -0.0472. The number of carbonyl (C=O) groups is 1. The molecule has 1 N–H and O–H groups in total. The third-order valence-corrected chi connectivity index (χ3v) is 5.52. The molecular formula is C18H22N4OS. The number of carbonyl (C=O) groups excluding carboxylic acids is 1. The summed E-state index contributed by atoms with van der Waals surface area (Å²) >= 11 is 1.53. The molecule has 1 aliphatic heterocycles. The average molecular weight is 342 g/mol. The van der Waals surface area contributed by atoms with Crippen molar-refractivity contribution in [3.63, 3.8) is 0 Å². The Bertz CT molecular complexity index is 715. The molecule has 1 amide bonds. The number of likely N-dealkylation sites (N-methyl/N-ethyl adjacent to an activating group) is 1. The van der Waals surface area contributed by atoms with Gasteiger partial charge in [-0.25, -0.2) is 4.98 Å². The molecule has 0 atom stereocenters. The highest BCUT2D eigenvalue weighted by atomic mass is 32.1. The Morgan fingerprint density at radius 3 is 2.54 bits per heavy atom. The Balaban J connectivity index is 1.44. The van der Waals surface area contributed by atoms with Gasteiger partial charge in [0, 0.05) is 48.9 Å². The second-order valence-electron chi connectivity index (χ2n) is 6.62. The maximum absolute atomic E-state index is 12.0. The molecule has 1 aliphatic carbocycles. The molecule has 2 aromatic rings. The van der Waals surface area contributed by atoms with Gasteiger partial charge in [-0.05, 0) is 44.2 Å². The lowest BCUT2D eigenvalue weighted by atomic mass is 10.2. The van der Waals surface area contributed by atoms with Crippen molar-refractivity contribution < 1.29 is 4.79 Å². The second-order valence-corrected chi connectivity index (χ2v) is 7.48. The highest BCUT2D eigenvalue weighted by Crippen LogP contribution is 2.27. The fourth-order valence-electron chi connectivity index (χ4n) is 2.88. The average Bonchev–Trinajstić information content (AvgIpc) is 3.27. The molecule has 0 unspecified atom stereocenters. The van der Waals surface area contributed by atoms with E-state index in [1.807, 2.05) is 5.38 Å². The highest BCUT2D eigenvalue weighted by Gasteiger charge is 2.25. The second kappa shape index (κ2) is 6.53. The van der Waals surface area contributed by atoms with Crippen LogP contribution in [0.25, 0.3) is 10.6 Å². The van der Waals surface area contributed by atoms with Gasteiger partial charge in [0.05, 0.1) is 0 Å². The van der Waals surface area contributed by atoms with E-state index in [0.717, 1.165) is 49.6 Å². The van der Waals surface area contributed by atoms with E-state index >= 15 is 0 Å². The number of piperazine rings is 1. The molecular weight excluding hydrogens is 320 g/mol. The third kappa shape index (κ3) is 3.44. The van der Waals surface area contributed by atoms with Crippen molar-refractivity contribution in [1.29, 1.82) is 0 Å². The van der Waals surface area contributed by atoms with Crippen LogP contribution >= 0.6 is 11.3 Å². The highest BCUT2D eigenvalue weighted by molar-refractivity contribution is 7.13. The molecule has 126 valence electrons. The number of anilines is 1. The molecule has 0 spiro atoms. The molecule has 1 saturated carbocycles. The molecule has 4 rings (SSSR count). The van der Waals surface area contributed by atoms with Crippen molar-refractivity contribution in [1.82, 2.24) is 15.2 Å². The first-order valence-electron chi connectivity index (χ1n) is 8.49. The van der Waals surface area contributed by atoms with Gasteiger partial charge in [-0.2, -0.15) is 0 Å². The fourth-order valence-corrected chi connectivity index (χ4v) is 3.68. The Hall–Kier alpha value is -1.92. The summed E-state index contributed by atoms with van der Waals surface area (Å²) in [7, 11) is 2.17. The van der Waals surface area contributed by atoms with Crippen LogP contribution < -0.4 is 10.2 Å². The summed E-state index contributed by atoms with van der Waals surface area (Å²) in [6.45, 7) is 4.35. The molecule has 0 bridgehead atoms. The summed E-state index contributed by atoms with van der Waals surface area (Å²) in [5, 5.41) is 5.74. The largest absolute Gasteiger partial charge is 0.369 e. The van der Waals surface area contributed by atoms with Crippen LogP contribution in [0.5, 0.6) is 0 Å². The SMILES string of the molecule is CN1CCN(c2ccc(-c3nc(C(=O)NC4CC4)cs3)cc2)CC1. The van der Waals surface area contributed by atoms with Crippen molar-refractivity contribution in [3.8, 4) is 10.6 Å². The molecule has 6 heteroatoms. The lowest BCUT2D eigenvalue weighted by Gasteiger charge is -2.34. The Morgan fingerprint density at radius 2 is 1.88 bits per heavy atom. The molecule has 0 radical (unpaired) electrons. The molecule has 1 aromatic carbocycles. The zero-order chi connectivity index (χ0) is 16.5. The fraction of sp³-hybridized carbons (Fsp3) is 0.444. The molecule has 5 nitrogen and oxygen atoms in total. The first kappa shape index (κ1) is 15.6. The van der Waals surface area contributed by atoms with Crippen LogP contribution in [0.15, 0.2) is 29.6 Å². The predicted octanol–water partition coefficient (Wildman–Crippen LogP) is 2.45. The van der Waals surface area contributed by atoms with E-state index in [9.17, 15) is 4.79 Å². The van der Waals surface area contributed by atoms with E-state index < -0.39 is 0 Å². The van der Waals surface area contributed by atoms with Crippen molar-refractivity contribution in [2.75, 3.05) is 38.1 Å². The van der Waals surface area contributed by atoms with Gasteiger partial charge in [-0.15, -0.1) is 11.3 Å². The van der Waals surface area contributed by atoms with Gasteiger partial charge in [0.25, 0.3) is 5.91 Å². The minimum Gasteiger partial charge on any atom is -0.369 e. The molecule has 2 fully saturated rings. The maximum atomic E-state index is 12.0. The van der Waals surface area contributed by atoms with Crippen molar-refractivity contribution in [3.05, 3.63) is 35.3 Å². The van der Waals surface area contributed by atoms with E-state index in [0.29, 0.717) is 11.7 Å². The van der Waals surface area contributed by atoms with E-state index in [1.165, 1.54) is 17.0 Å². The maximum Gasteiger partial charge on any atom is 0.270 e. The number of thiazole rings is 1. The number of hydrogen-bond acceptors (Lipinski definition) is 5. The quantitative estimate of drug-likeness (QED) is 0.927. The number of benzene rings is 1. The van der Waals surface area contributed by atoms with E-state index in [1.54, 1.807) is 0 Å². The first-order chi connectivity index (χ1) is 11.7. The van der Waals surface area contributed by atoms with Gasteiger partial charge >= 0.3 is 0 Å². The standard InChI is InChI=1S/C18H22N4OS/c1-21-8-10-22(11-9-21)15-6-2-13(3-7-15)18-20-16(12-24-18)17(23)19-14-4-5-14/h2-3,6-7,12,14H,4-5,8-11H2,1H3,(H,19,23). The molecule has 2 heterocycles. The van der Waals surface area contributed by atoms with Gasteiger partial charge in [-0.3, -0.25) is 4.79 Å². The smallest absolute Gasteiger partial charge is 0.270 e. The lowest BCUT2D eigenvalue weighted by molar-refractivity contribution is 0.0947. The van der Waals surface area contributed by atoms with Crippen LogP contribution in [0.2, 0.25) is 0 Å². The number of rotatable bonds is 4. The summed E-state index contributed by atoms with van der Waals surface area (Å²) in [4.78, 5) is 21.3. The molecule has 1 aromatic heterocycles. The van der Waals surface area contributed by atoms with Gasteiger partial charge in [0.2, 0.25) is 0 Å². The van der Waals surface area contributed by atoms with Crippen LogP contribution in [-0.2, 0) is 0 Å². The van der Waals surface area contributed by atoms with Crippen molar-refractivity contribution in [2.45, 2.75) is 18.9 Å². The normalized spacial score (nSPS) is 18.6. The zero-order valence-electron chi connectivity index (χ0n) is 13.9.